The molecule has 6 nitrogen and oxygen atoms in total. The lowest BCUT2D eigenvalue weighted by atomic mass is 9.95. The zero-order valence-electron chi connectivity index (χ0n) is 12.6. The lowest BCUT2D eigenvalue weighted by molar-refractivity contribution is 0.144. The number of hydrogen-bond donors (Lipinski definition) is 2. The van der Waals surface area contributed by atoms with Crippen molar-refractivity contribution in [2.24, 2.45) is 0 Å². The van der Waals surface area contributed by atoms with Crippen LogP contribution in [0.4, 0.5) is 11.8 Å². The number of ether oxygens (including phenoxy) is 1. The van der Waals surface area contributed by atoms with Crippen LogP contribution < -0.4 is 15.8 Å². The lowest BCUT2D eigenvalue weighted by Gasteiger charge is -2.38. The molecule has 0 radical (unpaired) electrons. The van der Waals surface area contributed by atoms with E-state index in [4.69, 9.17) is 10.5 Å². The molecule has 3 N–H and O–H groups in total. The molecule has 1 aromatic rings. The number of likely N-dealkylation sites (N-methyl/N-ethyl adjacent to an activating group) is 1. The second-order valence-electron chi connectivity index (χ2n) is 5.45. The number of nitrogen functional groups attached to an aromatic ring is 1. The molecule has 1 saturated carbocycles. The molecule has 1 aliphatic carbocycles. The highest BCUT2D eigenvalue weighted by Crippen LogP contribution is 2.34. The van der Waals surface area contributed by atoms with E-state index in [-0.39, 0.29) is 11.5 Å². The predicted molar refractivity (Wildman–Crippen MR) is 81.0 cm³/mol. The summed E-state index contributed by atoms with van der Waals surface area (Å²) >= 11 is 0. The van der Waals surface area contributed by atoms with Crippen molar-refractivity contribution in [3.63, 3.8) is 0 Å². The third-order valence-electron chi connectivity index (χ3n) is 4.35. The van der Waals surface area contributed by atoms with Gasteiger partial charge in [-0.1, -0.05) is 19.8 Å². The molecule has 112 valence electrons. The fraction of sp³-hybridized carbons (Fsp3) is 0.714. The zero-order chi connectivity index (χ0) is 14.6. The van der Waals surface area contributed by atoms with Crippen molar-refractivity contribution in [1.82, 2.24) is 14.9 Å². The second-order valence-corrected chi connectivity index (χ2v) is 5.45. The van der Waals surface area contributed by atoms with Gasteiger partial charge in [-0.05, 0) is 26.4 Å². The fourth-order valence-electron chi connectivity index (χ4n) is 2.96. The number of nitrogens with zero attached hydrogens (tertiary/aromatic N) is 3. The summed E-state index contributed by atoms with van der Waals surface area (Å²) in [5.74, 6) is 1.45. The van der Waals surface area contributed by atoms with Gasteiger partial charge < -0.3 is 15.8 Å². The SMILES string of the molecule is CCN(C)C1(CNc2cc(OC)nc(N)n2)CCCC1. The molecule has 6 heteroatoms. The monoisotopic (exact) mass is 279 g/mol. The number of methoxy groups -OCH3 is 1. The zero-order valence-corrected chi connectivity index (χ0v) is 12.6. The van der Waals surface area contributed by atoms with Crippen LogP contribution in [-0.2, 0) is 0 Å². The molecule has 0 aromatic carbocycles. The van der Waals surface area contributed by atoms with Gasteiger partial charge in [0, 0.05) is 18.2 Å². The van der Waals surface area contributed by atoms with Gasteiger partial charge in [-0.3, -0.25) is 4.90 Å². The molecule has 0 spiro atoms. The molecule has 2 rings (SSSR count). The molecular formula is C14H25N5O. The molecular weight excluding hydrogens is 254 g/mol. The Kier molecular flexibility index (Phi) is 4.65. The van der Waals surface area contributed by atoms with Crippen LogP contribution in [0, 0.1) is 0 Å². The molecule has 0 amide bonds. The highest BCUT2D eigenvalue weighted by atomic mass is 16.5. The first kappa shape index (κ1) is 14.8. The highest BCUT2D eigenvalue weighted by Gasteiger charge is 2.36. The van der Waals surface area contributed by atoms with E-state index in [1.54, 1.807) is 13.2 Å². The minimum absolute atomic E-state index is 0.224. The summed E-state index contributed by atoms with van der Waals surface area (Å²) in [6, 6.07) is 1.78. The summed E-state index contributed by atoms with van der Waals surface area (Å²) in [6.07, 6.45) is 5.03. The molecule has 0 bridgehead atoms. The smallest absolute Gasteiger partial charge is 0.225 e. The quantitative estimate of drug-likeness (QED) is 0.826. The molecule has 1 fully saturated rings. The first-order chi connectivity index (χ1) is 9.59. The molecule has 1 aliphatic rings. The highest BCUT2D eigenvalue weighted by molar-refractivity contribution is 5.43. The van der Waals surface area contributed by atoms with Gasteiger partial charge in [-0.15, -0.1) is 0 Å². The fourth-order valence-corrected chi connectivity index (χ4v) is 2.96. The van der Waals surface area contributed by atoms with Gasteiger partial charge in [-0.25, -0.2) is 0 Å². The lowest BCUT2D eigenvalue weighted by Crippen LogP contribution is -2.49. The van der Waals surface area contributed by atoms with E-state index >= 15 is 0 Å². The third kappa shape index (κ3) is 3.12. The number of hydrogen-bond acceptors (Lipinski definition) is 6. The van der Waals surface area contributed by atoms with Crippen molar-refractivity contribution < 1.29 is 4.74 Å². The standard InChI is InChI=1S/C14H25N5O/c1-4-19(2)14(7-5-6-8-14)10-16-11-9-12(20-3)18-13(15)17-11/h9H,4-8,10H2,1-3H3,(H3,15,16,17,18). The Bertz CT molecular complexity index is 445. The number of nitrogens with one attached hydrogen (secondary N) is 1. The second kappa shape index (κ2) is 6.26. The Morgan fingerprint density at radius 1 is 1.40 bits per heavy atom. The molecule has 1 heterocycles. The summed E-state index contributed by atoms with van der Waals surface area (Å²) in [7, 11) is 3.77. The van der Waals surface area contributed by atoms with Gasteiger partial charge in [0.1, 0.15) is 5.82 Å². The van der Waals surface area contributed by atoms with Crippen molar-refractivity contribution in [3.8, 4) is 5.88 Å². The molecule has 0 atom stereocenters. The van der Waals surface area contributed by atoms with Gasteiger partial charge in [0.2, 0.25) is 11.8 Å². The molecule has 20 heavy (non-hydrogen) atoms. The summed E-state index contributed by atoms with van der Waals surface area (Å²) in [5.41, 5.74) is 5.91. The Balaban J connectivity index is 2.08. The van der Waals surface area contributed by atoms with Gasteiger partial charge in [0.15, 0.2) is 0 Å². The Labute approximate surface area is 120 Å². The molecule has 0 aliphatic heterocycles. The minimum Gasteiger partial charge on any atom is -0.481 e. The van der Waals surface area contributed by atoms with Crippen LogP contribution in [0.3, 0.4) is 0 Å². The van der Waals surface area contributed by atoms with Crippen LogP contribution in [0.15, 0.2) is 6.07 Å². The van der Waals surface area contributed by atoms with Crippen molar-refractivity contribution in [2.75, 3.05) is 38.3 Å². The number of aromatic nitrogens is 2. The van der Waals surface area contributed by atoms with Crippen molar-refractivity contribution >= 4 is 11.8 Å². The average Bonchev–Trinajstić information content (AvgIpc) is 2.93. The normalized spacial score (nSPS) is 17.4. The van der Waals surface area contributed by atoms with E-state index in [1.165, 1.54) is 25.7 Å². The van der Waals surface area contributed by atoms with Gasteiger partial charge in [-0.2, -0.15) is 9.97 Å². The maximum Gasteiger partial charge on any atom is 0.225 e. The number of nitrogens with two attached hydrogens (primary N) is 1. The number of rotatable bonds is 6. The summed E-state index contributed by atoms with van der Waals surface area (Å²) in [4.78, 5) is 10.7. The van der Waals surface area contributed by atoms with Gasteiger partial charge in [0.05, 0.1) is 7.11 Å². The average molecular weight is 279 g/mol. The summed E-state index contributed by atoms with van der Waals surface area (Å²) in [6.45, 7) is 4.12. The maximum atomic E-state index is 5.69. The third-order valence-corrected chi connectivity index (χ3v) is 4.35. The first-order valence-electron chi connectivity index (χ1n) is 7.23. The molecule has 0 unspecified atom stereocenters. The topological polar surface area (TPSA) is 76.3 Å². The van der Waals surface area contributed by atoms with Crippen LogP contribution in [0.25, 0.3) is 0 Å². The van der Waals surface area contributed by atoms with Gasteiger partial charge >= 0.3 is 0 Å². The molecule has 0 saturated heterocycles. The predicted octanol–water partition coefficient (Wildman–Crippen LogP) is 1.74. The van der Waals surface area contributed by atoms with Crippen LogP contribution in [-0.4, -0.2) is 47.7 Å². The van der Waals surface area contributed by atoms with Crippen LogP contribution in [0.5, 0.6) is 5.88 Å². The number of anilines is 2. The van der Waals surface area contributed by atoms with Crippen LogP contribution in [0.1, 0.15) is 32.6 Å². The van der Waals surface area contributed by atoms with Gasteiger partial charge in [0.25, 0.3) is 0 Å². The van der Waals surface area contributed by atoms with Crippen LogP contribution >= 0.6 is 0 Å². The Hall–Kier alpha value is -1.56. The first-order valence-corrected chi connectivity index (χ1v) is 7.23. The largest absolute Gasteiger partial charge is 0.481 e. The van der Waals surface area contributed by atoms with E-state index in [9.17, 15) is 0 Å². The summed E-state index contributed by atoms with van der Waals surface area (Å²) < 4.78 is 5.12. The van der Waals surface area contributed by atoms with Crippen LogP contribution in [0.2, 0.25) is 0 Å². The van der Waals surface area contributed by atoms with Crippen molar-refractivity contribution in [3.05, 3.63) is 6.07 Å². The van der Waals surface area contributed by atoms with E-state index in [0.717, 1.165) is 18.9 Å². The van der Waals surface area contributed by atoms with E-state index in [0.29, 0.717) is 5.88 Å². The molecule has 1 aromatic heterocycles. The Morgan fingerprint density at radius 3 is 2.70 bits per heavy atom. The minimum atomic E-state index is 0.224. The van der Waals surface area contributed by atoms with Crippen molar-refractivity contribution in [2.45, 2.75) is 38.1 Å². The van der Waals surface area contributed by atoms with E-state index in [2.05, 4.69) is 34.2 Å². The Morgan fingerprint density at radius 2 is 2.10 bits per heavy atom. The van der Waals surface area contributed by atoms with E-state index in [1.807, 2.05) is 0 Å². The maximum absolute atomic E-state index is 5.69. The van der Waals surface area contributed by atoms with Crippen molar-refractivity contribution in [1.29, 1.82) is 0 Å². The summed E-state index contributed by atoms with van der Waals surface area (Å²) in [5, 5.41) is 3.41. The van der Waals surface area contributed by atoms with E-state index < -0.39 is 0 Å².